The predicted molar refractivity (Wildman–Crippen MR) is 92.8 cm³/mol. The predicted octanol–water partition coefficient (Wildman–Crippen LogP) is 4.17. The number of methoxy groups -OCH3 is 1. The van der Waals surface area contributed by atoms with E-state index in [1.165, 1.54) is 0 Å². The number of amides is 2. The highest BCUT2D eigenvalue weighted by Crippen LogP contribution is 2.19. The number of anilines is 1. The van der Waals surface area contributed by atoms with E-state index in [0.717, 1.165) is 27.8 Å². The molecule has 116 valence electrons. The SMILES string of the molecule is COc1ccccc1CNC(=O)Nc1ccc2ccccc2c1. The van der Waals surface area contributed by atoms with Crippen LogP contribution in [-0.4, -0.2) is 13.1 Å². The van der Waals surface area contributed by atoms with Gasteiger partial charge >= 0.3 is 6.03 Å². The molecular formula is C19H18N2O2. The Kier molecular flexibility index (Phi) is 4.43. The summed E-state index contributed by atoms with van der Waals surface area (Å²) in [6, 6.07) is 21.3. The van der Waals surface area contributed by atoms with Crippen molar-refractivity contribution in [1.82, 2.24) is 5.32 Å². The van der Waals surface area contributed by atoms with E-state index >= 15 is 0 Å². The van der Waals surface area contributed by atoms with Crippen LogP contribution in [0.15, 0.2) is 66.7 Å². The Morgan fingerprint density at radius 1 is 0.957 bits per heavy atom. The summed E-state index contributed by atoms with van der Waals surface area (Å²) in [6.45, 7) is 0.406. The number of carbonyl (C=O) groups excluding carboxylic acids is 1. The van der Waals surface area contributed by atoms with E-state index in [1.807, 2.05) is 66.7 Å². The lowest BCUT2D eigenvalue weighted by atomic mass is 10.1. The van der Waals surface area contributed by atoms with Gasteiger partial charge in [0.2, 0.25) is 0 Å². The number of rotatable bonds is 4. The Balaban J connectivity index is 1.64. The zero-order valence-electron chi connectivity index (χ0n) is 12.9. The lowest BCUT2D eigenvalue weighted by molar-refractivity contribution is 0.251. The maximum absolute atomic E-state index is 12.1. The molecule has 0 aliphatic carbocycles. The molecule has 3 rings (SSSR count). The molecule has 0 bridgehead atoms. The molecule has 0 aliphatic rings. The van der Waals surface area contributed by atoms with Crippen LogP contribution in [0, 0.1) is 0 Å². The Morgan fingerprint density at radius 3 is 2.52 bits per heavy atom. The summed E-state index contributed by atoms with van der Waals surface area (Å²) in [5.41, 5.74) is 1.70. The molecule has 0 fully saturated rings. The van der Waals surface area contributed by atoms with Gasteiger partial charge in [-0.15, -0.1) is 0 Å². The van der Waals surface area contributed by atoms with Gasteiger partial charge in [0.1, 0.15) is 5.75 Å². The molecule has 4 heteroatoms. The molecule has 2 N–H and O–H groups in total. The molecule has 2 amide bonds. The van der Waals surface area contributed by atoms with Gasteiger partial charge in [-0.3, -0.25) is 0 Å². The first-order chi connectivity index (χ1) is 11.3. The van der Waals surface area contributed by atoms with Crippen LogP contribution in [0.2, 0.25) is 0 Å². The van der Waals surface area contributed by atoms with Crippen molar-refractivity contribution < 1.29 is 9.53 Å². The van der Waals surface area contributed by atoms with Crippen LogP contribution in [0.25, 0.3) is 10.8 Å². The van der Waals surface area contributed by atoms with Gasteiger partial charge in [-0.2, -0.15) is 0 Å². The van der Waals surface area contributed by atoms with Crippen molar-refractivity contribution in [1.29, 1.82) is 0 Å². The molecule has 0 atom stereocenters. The van der Waals surface area contributed by atoms with E-state index in [1.54, 1.807) is 7.11 Å². The fourth-order valence-electron chi connectivity index (χ4n) is 2.47. The highest BCUT2D eigenvalue weighted by atomic mass is 16.5. The van der Waals surface area contributed by atoms with Crippen molar-refractivity contribution in [3.8, 4) is 5.75 Å². The normalized spacial score (nSPS) is 10.3. The minimum atomic E-state index is -0.244. The van der Waals surface area contributed by atoms with Gasteiger partial charge in [-0.25, -0.2) is 4.79 Å². The Morgan fingerprint density at radius 2 is 1.70 bits per heavy atom. The van der Waals surface area contributed by atoms with Crippen molar-refractivity contribution in [3.05, 3.63) is 72.3 Å². The zero-order valence-corrected chi connectivity index (χ0v) is 12.9. The first kappa shape index (κ1) is 14.9. The fraction of sp³-hybridized carbons (Fsp3) is 0.105. The summed E-state index contributed by atoms with van der Waals surface area (Å²) < 4.78 is 5.27. The first-order valence-electron chi connectivity index (χ1n) is 7.42. The van der Waals surface area contributed by atoms with Gasteiger partial charge in [0.05, 0.1) is 7.11 Å². The van der Waals surface area contributed by atoms with Gasteiger partial charge in [-0.1, -0.05) is 48.5 Å². The molecule has 0 radical (unpaired) electrons. The summed E-state index contributed by atoms with van der Waals surface area (Å²) in [4.78, 5) is 12.1. The molecule has 0 saturated carbocycles. The zero-order chi connectivity index (χ0) is 16.1. The van der Waals surface area contributed by atoms with E-state index < -0.39 is 0 Å². The number of para-hydroxylation sites is 1. The quantitative estimate of drug-likeness (QED) is 0.760. The molecule has 0 spiro atoms. The number of carbonyl (C=O) groups is 1. The van der Waals surface area contributed by atoms with Crippen molar-refractivity contribution in [2.24, 2.45) is 0 Å². The second-order valence-electron chi connectivity index (χ2n) is 5.18. The summed E-state index contributed by atoms with van der Waals surface area (Å²) in [5, 5.41) is 7.93. The highest BCUT2D eigenvalue weighted by Gasteiger charge is 2.05. The third kappa shape index (κ3) is 3.61. The average Bonchev–Trinajstić information content (AvgIpc) is 2.60. The van der Waals surface area contributed by atoms with Gasteiger partial charge in [0.25, 0.3) is 0 Å². The van der Waals surface area contributed by atoms with E-state index in [0.29, 0.717) is 6.54 Å². The smallest absolute Gasteiger partial charge is 0.319 e. The van der Waals surface area contributed by atoms with Crippen molar-refractivity contribution in [2.75, 3.05) is 12.4 Å². The van der Waals surface area contributed by atoms with Gasteiger partial charge < -0.3 is 15.4 Å². The van der Waals surface area contributed by atoms with Crippen LogP contribution in [0.4, 0.5) is 10.5 Å². The van der Waals surface area contributed by atoms with Gasteiger partial charge in [0, 0.05) is 17.8 Å². The van der Waals surface area contributed by atoms with Crippen molar-refractivity contribution in [3.63, 3.8) is 0 Å². The first-order valence-corrected chi connectivity index (χ1v) is 7.42. The molecule has 0 aliphatic heterocycles. The van der Waals surface area contributed by atoms with Crippen molar-refractivity contribution >= 4 is 22.5 Å². The maximum Gasteiger partial charge on any atom is 0.319 e. The molecule has 0 unspecified atom stereocenters. The number of urea groups is 1. The third-order valence-corrected chi connectivity index (χ3v) is 3.64. The van der Waals surface area contributed by atoms with Crippen LogP contribution >= 0.6 is 0 Å². The van der Waals surface area contributed by atoms with E-state index in [2.05, 4.69) is 10.6 Å². The minimum Gasteiger partial charge on any atom is -0.496 e. The number of hydrogen-bond donors (Lipinski definition) is 2. The second kappa shape index (κ2) is 6.83. The molecule has 0 saturated heterocycles. The summed E-state index contributed by atoms with van der Waals surface area (Å²) in [5.74, 6) is 0.763. The Labute approximate surface area is 135 Å². The fourth-order valence-corrected chi connectivity index (χ4v) is 2.47. The second-order valence-corrected chi connectivity index (χ2v) is 5.18. The van der Waals surface area contributed by atoms with E-state index in [4.69, 9.17) is 4.74 Å². The van der Waals surface area contributed by atoms with Crippen LogP contribution in [0.3, 0.4) is 0 Å². The molecule has 0 aromatic heterocycles. The van der Waals surface area contributed by atoms with Crippen LogP contribution in [0.5, 0.6) is 5.75 Å². The lowest BCUT2D eigenvalue weighted by Gasteiger charge is -2.11. The van der Waals surface area contributed by atoms with E-state index in [9.17, 15) is 4.79 Å². The topological polar surface area (TPSA) is 50.4 Å². The Hall–Kier alpha value is -3.01. The largest absolute Gasteiger partial charge is 0.496 e. The minimum absolute atomic E-state index is 0.244. The summed E-state index contributed by atoms with van der Waals surface area (Å²) in [6.07, 6.45) is 0. The molecule has 3 aromatic carbocycles. The van der Waals surface area contributed by atoms with Crippen molar-refractivity contribution in [2.45, 2.75) is 6.54 Å². The van der Waals surface area contributed by atoms with Gasteiger partial charge in [-0.05, 0) is 29.0 Å². The molecule has 4 nitrogen and oxygen atoms in total. The lowest BCUT2D eigenvalue weighted by Crippen LogP contribution is -2.28. The van der Waals surface area contributed by atoms with Crippen LogP contribution < -0.4 is 15.4 Å². The monoisotopic (exact) mass is 306 g/mol. The molecule has 3 aromatic rings. The van der Waals surface area contributed by atoms with Crippen LogP contribution in [0.1, 0.15) is 5.56 Å². The molecule has 0 heterocycles. The number of ether oxygens (including phenoxy) is 1. The summed E-state index contributed by atoms with van der Waals surface area (Å²) >= 11 is 0. The standard InChI is InChI=1S/C19H18N2O2/c1-23-18-9-5-4-8-16(18)13-20-19(22)21-17-11-10-14-6-2-3-7-15(14)12-17/h2-12H,13H2,1H3,(H2,20,21,22). The Bertz CT molecular complexity index is 830. The number of fused-ring (bicyclic) bond motifs is 1. The third-order valence-electron chi connectivity index (χ3n) is 3.64. The van der Waals surface area contributed by atoms with Gasteiger partial charge in [0.15, 0.2) is 0 Å². The molecular weight excluding hydrogens is 288 g/mol. The maximum atomic E-state index is 12.1. The summed E-state index contributed by atoms with van der Waals surface area (Å²) in [7, 11) is 1.62. The number of nitrogens with one attached hydrogen (secondary N) is 2. The number of benzene rings is 3. The average molecular weight is 306 g/mol. The van der Waals surface area contributed by atoms with E-state index in [-0.39, 0.29) is 6.03 Å². The number of hydrogen-bond acceptors (Lipinski definition) is 2. The molecule has 23 heavy (non-hydrogen) atoms. The highest BCUT2D eigenvalue weighted by molar-refractivity contribution is 5.93. The van der Waals surface area contributed by atoms with Crippen LogP contribution in [-0.2, 0) is 6.54 Å².